The Labute approximate surface area is 150 Å². The summed E-state index contributed by atoms with van der Waals surface area (Å²) in [7, 11) is 0. The summed E-state index contributed by atoms with van der Waals surface area (Å²) in [5, 5.41) is 19.1. The van der Waals surface area contributed by atoms with E-state index in [2.05, 4.69) is 15.4 Å². The normalized spacial score (nSPS) is 7.81. The standard InChI is InChI=1S/C8H11O3.2C3H7O.ClH.Ti/c1-3-5-6-7-11-8(9)10-4-2;2*1-3(2)4;;/h4-7H2,2H3;2*3H,1-2H3;1H;/q;2*-1;;+3/p-1. The molecule has 0 atom stereocenters. The fraction of sp³-hybridized carbons (Fsp3) is 0.786. The van der Waals surface area contributed by atoms with Crippen LogP contribution >= 0.6 is 0 Å². The third kappa shape index (κ3) is 81.3. The van der Waals surface area contributed by atoms with E-state index in [9.17, 15) is 15.0 Å². The van der Waals surface area contributed by atoms with Gasteiger partial charge in [-0.05, 0) is 19.8 Å². The Morgan fingerprint density at radius 1 is 1.14 bits per heavy atom. The van der Waals surface area contributed by atoms with Crippen molar-refractivity contribution in [1.29, 1.82) is 0 Å². The van der Waals surface area contributed by atoms with Crippen molar-refractivity contribution in [3.63, 3.8) is 0 Å². The van der Waals surface area contributed by atoms with E-state index in [4.69, 9.17) is 6.42 Å². The van der Waals surface area contributed by atoms with Crippen LogP contribution in [-0.2, 0) is 31.2 Å². The van der Waals surface area contributed by atoms with Crippen molar-refractivity contribution in [3.05, 3.63) is 6.42 Å². The number of rotatable bonds is 4. The van der Waals surface area contributed by atoms with Crippen LogP contribution in [0.5, 0.6) is 0 Å². The molecular formula is C14H25ClO5Ti. The quantitative estimate of drug-likeness (QED) is 0.253. The summed E-state index contributed by atoms with van der Waals surface area (Å²) in [4.78, 5) is 10.5. The fourth-order valence-electron chi connectivity index (χ4n) is 0.476. The zero-order valence-electron chi connectivity index (χ0n) is 13.4. The molecule has 0 aromatic heterocycles. The number of halogens is 1. The second-order valence-electron chi connectivity index (χ2n) is 3.91. The van der Waals surface area contributed by atoms with Gasteiger partial charge < -0.3 is 32.1 Å². The maximum absolute atomic E-state index is 10.5. The molecule has 0 aromatic carbocycles. The molecule has 0 spiro atoms. The van der Waals surface area contributed by atoms with Gasteiger partial charge in [-0.25, -0.2) is 4.79 Å². The Morgan fingerprint density at radius 2 is 1.52 bits per heavy atom. The van der Waals surface area contributed by atoms with Gasteiger partial charge in [0.25, 0.3) is 0 Å². The van der Waals surface area contributed by atoms with E-state index in [1.54, 1.807) is 34.6 Å². The summed E-state index contributed by atoms with van der Waals surface area (Å²) in [6, 6.07) is 0. The average molecular weight is 357 g/mol. The number of carbonyl (C=O) groups excluding carboxylic acids is 1. The second-order valence-corrected chi connectivity index (χ2v) is 3.91. The van der Waals surface area contributed by atoms with Crippen molar-refractivity contribution in [2.24, 2.45) is 0 Å². The first-order valence-electron chi connectivity index (χ1n) is 6.28. The number of hydrogen-bond acceptors (Lipinski definition) is 5. The minimum Gasteiger partial charge on any atom is -1.00 e. The maximum Gasteiger partial charge on any atom is 3.00 e. The van der Waals surface area contributed by atoms with E-state index in [-0.39, 0.29) is 34.1 Å². The van der Waals surface area contributed by atoms with Crippen molar-refractivity contribution < 1.29 is 58.6 Å². The molecular weight excluding hydrogens is 331 g/mol. The van der Waals surface area contributed by atoms with E-state index in [0.717, 1.165) is 0 Å². The molecule has 122 valence electrons. The Bertz CT molecular complexity index is 218. The average Bonchev–Trinajstić information content (AvgIpc) is 2.23. The van der Waals surface area contributed by atoms with Crippen molar-refractivity contribution >= 4 is 6.16 Å². The largest absolute Gasteiger partial charge is 3.00 e. The Balaban J connectivity index is -0.0000000722. The van der Waals surface area contributed by atoms with Crippen LogP contribution in [0.25, 0.3) is 0 Å². The van der Waals surface area contributed by atoms with Gasteiger partial charge in [0.2, 0.25) is 0 Å². The fourth-order valence-corrected chi connectivity index (χ4v) is 0.476. The summed E-state index contributed by atoms with van der Waals surface area (Å²) in [6.07, 6.45) is 6.21. The maximum atomic E-state index is 10.5. The molecule has 0 aliphatic carbocycles. The van der Waals surface area contributed by atoms with Crippen LogP contribution in [0.15, 0.2) is 0 Å². The number of unbranched alkanes of at least 4 members (excludes halogenated alkanes) is 1. The van der Waals surface area contributed by atoms with E-state index >= 15 is 0 Å². The van der Waals surface area contributed by atoms with Gasteiger partial charge in [0.05, 0.1) is 13.2 Å². The zero-order chi connectivity index (χ0) is 15.7. The summed E-state index contributed by atoms with van der Waals surface area (Å²) >= 11 is 0. The third-order valence-electron chi connectivity index (χ3n) is 0.928. The monoisotopic (exact) mass is 356 g/mol. The van der Waals surface area contributed by atoms with Gasteiger partial charge in [-0.1, -0.05) is 33.6 Å². The van der Waals surface area contributed by atoms with Crippen LogP contribution < -0.4 is 22.6 Å². The SMILES string of the molecule is CC(C)[O-].CC(C)[O-].[C]#CCCCOC(=O)OCC.[Cl-].[Ti+3]. The van der Waals surface area contributed by atoms with Gasteiger partial charge >= 0.3 is 27.9 Å². The van der Waals surface area contributed by atoms with Crippen molar-refractivity contribution in [3.8, 4) is 5.92 Å². The minimum atomic E-state index is -0.641. The smallest absolute Gasteiger partial charge is 1.00 e. The van der Waals surface area contributed by atoms with Crippen LogP contribution in [-0.4, -0.2) is 31.6 Å². The van der Waals surface area contributed by atoms with Crippen molar-refractivity contribution in [2.45, 2.75) is 59.7 Å². The molecule has 0 saturated heterocycles. The first-order chi connectivity index (χ1) is 8.77. The van der Waals surface area contributed by atoms with Crippen LogP contribution in [0.4, 0.5) is 4.79 Å². The predicted molar refractivity (Wildman–Crippen MR) is 69.6 cm³/mol. The summed E-state index contributed by atoms with van der Waals surface area (Å²) in [6.45, 7) is 8.78. The van der Waals surface area contributed by atoms with Crippen LogP contribution in [0.1, 0.15) is 47.5 Å². The molecule has 0 heterocycles. The van der Waals surface area contributed by atoms with Gasteiger partial charge in [0, 0.05) is 6.42 Å². The molecule has 0 aliphatic heterocycles. The Kier molecular flexibility index (Phi) is 43.5. The third-order valence-corrected chi connectivity index (χ3v) is 0.928. The van der Waals surface area contributed by atoms with E-state index in [0.29, 0.717) is 26.1 Å². The topological polar surface area (TPSA) is 81.6 Å². The van der Waals surface area contributed by atoms with Gasteiger partial charge in [0.15, 0.2) is 0 Å². The minimum absolute atomic E-state index is 0. The number of hydrogen-bond donors (Lipinski definition) is 0. The second kappa shape index (κ2) is 28.0. The molecule has 21 heavy (non-hydrogen) atoms. The van der Waals surface area contributed by atoms with Gasteiger partial charge in [-0.2, -0.15) is 0 Å². The molecule has 0 fully saturated rings. The molecule has 2 radical (unpaired) electrons. The Morgan fingerprint density at radius 3 is 1.81 bits per heavy atom. The predicted octanol–water partition coefficient (Wildman–Crippen LogP) is -1.96. The summed E-state index contributed by atoms with van der Waals surface area (Å²) in [5.41, 5.74) is 0. The van der Waals surface area contributed by atoms with Crippen molar-refractivity contribution in [1.82, 2.24) is 0 Å². The molecule has 0 unspecified atom stereocenters. The molecule has 0 bridgehead atoms. The summed E-state index contributed by atoms with van der Waals surface area (Å²) < 4.78 is 9.09. The van der Waals surface area contributed by atoms with E-state index in [1.165, 1.54) is 0 Å². The first-order valence-corrected chi connectivity index (χ1v) is 6.28. The van der Waals surface area contributed by atoms with Gasteiger partial charge in [0.1, 0.15) is 0 Å². The van der Waals surface area contributed by atoms with E-state index in [1.807, 2.05) is 0 Å². The number of ether oxygens (including phenoxy) is 2. The molecule has 0 saturated carbocycles. The molecule has 0 aliphatic rings. The van der Waals surface area contributed by atoms with Gasteiger partial charge in [-0.15, -0.1) is 12.2 Å². The van der Waals surface area contributed by atoms with Crippen LogP contribution in [0.2, 0.25) is 0 Å². The van der Waals surface area contributed by atoms with Crippen LogP contribution in [0, 0.1) is 12.3 Å². The van der Waals surface area contributed by atoms with Crippen LogP contribution in [0.3, 0.4) is 0 Å². The molecule has 7 heteroatoms. The number of carbonyl (C=O) groups is 1. The summed E-state index contributed by atoms with van der Waals surface area (Å²) in [5.74, 6) is 2.19. The molecule has 0 rings (SSSR count). The van der Waals surface area contributed by atoms with E-state index < -0.39 is 18.4 Å². The van der Waals surface area contributed by atoms with Crippen molar-refractivity contribution in [2.75, 3.05) is 13.2 Å². The zero-order valence-corrected chi connectivity index (χ0v) is 15.7. The molecule has 0 aromatic rings. The van der Waals surface area contributed by atoms with Gasteiger partial charge in [-0.3, -0.25) is 0 Å². The first kappa shape index (κ1) is 32.6. The molecule has 0 N–H and O–H groups in total. The molecule has 0 amide bonds. The molecule has 5 nitrogen and oxygen atoms in total. The Hall–Kier alpha value is -0.246.